The van der Waals surface area contributed by atoms with Crippen LogP contribution in [0.25, 0.3) is 10.2 Å². The third-order valence-corrected chi connectivity index (χ3v) is 7.13. The summed E-state index contributed by atoms with van der Waals surface area (Å²) in [5, 5.41) is 0.360. The van der Waals surface area contributed by atoms with Gasteiger partial charge in [0.15, 0.2) is 6.79 Å². The zero-order valence-corrected chi connectivity index (χ0v) is 21.1. The summed E-state index contributed by atoms with van der Waals surface area (Å²) >= 11 is 1.13. The Hall–Kier alpha value is -4.02. The first-order valence-electron chi connectivity index (χ1n) is 11.7. The van der Waals surface area contributed by atoms with Gasteiger partial charge in [-0.25, -0.2) is 14.6 Å². The number of carbonyl (C=O) groups excluding carboxylic acids is 2. The van der Waals surface area contributed by atoms with E-state index in [0.717, 1.165) is 16.9 Å². The first-order valence-corrected chi connectivity index (χ1v) is 12.5. The molecule has 0 radical (unpaired) electrons. The van der Waals surface area contributed by atoms with Gasteiger partial charge in [-0.3, -0.25) is 9.36 Å². The molecule has 0 unspecified atom stereocenters. The number of nitrogens with zero attached hydrogens (tertiary/aromatic N) is 2. The molecule has 190 valence electrons. The van der Waals surface area contributed by atoms with E-state index in [1.807, 2.05) is 30.3 Å². The lowest BCUT2D eigenvalue weighted by molar-refractivity contribution is -0.0171. The molecule has 0 spiro atoms. The Kier molecular flexibility index (Phi) is 7.02. The largest absolute Gasteiger partial charge is 0.467 e. The van der Waals surface area contributed by atoms with E-state index in [0.29, 0.717) is 43.1 Å². The van der Waals surface area contributed by atoms with E-state index in [4.69, 9.17) is 18.9 Å². The van der Waals surface area contributed by atoms with Crippen LogP contribution >= 0.6 is 11.3 Å². The van der Waals surface area contributed by atoms with Crippen LogP contribution in [0.1, 0.15) is 49.2 Å². The first-order chi connectivity index (χ1) is 18.0. The quantitative estimate of drug-likeness (QED) is 0.334. The number of thiophene rings is 1. The number of aryl methyl sites for hydroxylation is 1. The fraction of sp³-hybridized carbons (Fsp3) is 0.259. The maximum Gasteiger partial charge on any atom is 0.349 e. The van der Waals surface area contributed by atoms with Gasteiger partial charge < -0.3 is 18.9 Å². The third-order valence-electron chi connectivity index (χ3n) is 5.95. The van der Waals surface area contributed by atoms with Crippen molar-refractivity contribution in [3.8, 4) is 5.75 Å². The van der Waals surface area contributed by atoms with Crippen LogP contribution in [-0.2, 0) is 34.0 Å². The lowest BCUT2D eigenvalue weighted by Gasteiger charge is -2.22. The van der Waals surface area contributed by atoms with Gasteiger partial charge in [-0.1, -0.05) is 30.3 Å². The molecule has 0 aliphatic carbocycles. The van der Waals surface area contributed by atoms with Crippen molar-refractivity contribution >= 4 is 33.5 Å². The molecule has 10 heteroatoms. The van der Waals surface area contributed by atoms with E-state index in [1.54, 1.807) is 26.0 Å². The van der Waals surface area contributed by atoms with Gasteiger partial charge in [-0.05, 0) is 37.1 Å². The van der Waals surface area contributed by atoms with Gasteiger partial charge in [-0.15, -0.1) is 11.3 Å². The summed E-state index contributed by atoms with van der Waals surface area (Å²) in [6.45, 7) is 4.29. The smallest absolute Gasteiger partial charge is 0.349 e. The van der Waals surface area contributed by atoms with Crippen LogP contribution in [0.2, 0.25) is 0 Å². The number of esters is 2. The van der Waals surface area contributed by atoms with E-state index >= 15 is 0 Å². The predicted molar refractivity (Wildman–Crippen MR) is 136 cm³/mol. The fourth-order valence-corrected chi connectivity index (χ4v) is 5.22. The molecule has 5 rings (SSSR count). The predicted octanol–water partition coefficient (Wildman–Crippen LogP) is 4.21. The van der Waals surface area contributed by atoms with Crippen LogP contribution in [0.15, 0.2) is 53.6 Å². The Labute approximate surface area is 216 Å². The Balaban J connectivity index is 1.46. The number of rotatable bonds is 7. The molecule has 0 atom stereocenters. The second kappa shape index (κ2) is 10.5. The van der Waals surface area contributed by atoms with Crippen LogP contribution in [0.3, 0.4) is 0 Å². The van der Waals surface area contributed by atoms with Crippen LogP contribution in [0.5, 0.6) is 5.75 Å². The average molecular weight is 521 g/mol. The molecule has 1 aliphatic heterocycles. The van der Waals surface area contributed by atoms with Gasteiger partial charge >= 0.3 is 11.9 Å². The van der Waals surface area contributed by atoms with Gasteiger partial charge in [-0.2, -0.15) is 0 Å². The highest BCUT2D eigenvalue weighted by atomic mass is 32.1. The topological polar surface area (TPSA) is 106 Å². The van der Waals surface area contributed by atoms with E-state index in [9.17, 15) is 14.4 Å². The van der Waals surface area contributed by atoms with Crippen LogP contribution in [0, 0.1) is 6.92 Å². The van der Waals surface area contributed by atoms with Crippen molar-refractivity contribution in [3.63, 3.8) is 0 Å². The molecule has 3 heterocycles. The monoisotopic (exact) mass is 520 g/mol. The zero-order valence-electron chi connectivity index (χ0n) is 20.3. The minimum absolute atomic E-state index is 0.0724. The Morgan fingerprint density at radius 2 is 1.95 bits per heavy atom. The summed E-state index contributed by atoms with van der Waals surface area (Å²) in [6.07, 6.45) is 1.43. The molecule has 2 aromatic carbocycles. The van der Waals surface area contributed by atoms with E-state index in [1.165, 1.54) is 10.9 Å². The van der Waals surface area contributed by atoms with Crippen molar-refractivity contribution in [1.29, 1.82) is 0 Å². The van der Waals surface area contributed by atoms with Gasteiger partial charge in [0.25, 0.3) is 5.56 Å². The standard InChI is InChI=1S/C27H24N2O7S/c1-3-34-26(31)18-9-19(22-20(10-18)13-33-15-36-22)11-29-14-28-24-21(25(29)30)16(2)23(37-24)27(32)35-12-17-7-5-4-6-8-17/h4-10,14H,3,11-13,15H2,1-2H3. The lowest BCUT2D eigenvalue weighted by atomic mass is 10.0. The summed E-state index contributed by atoms with van der Waals surface area (Å²) in [5.74, 6) is -0.399. The van der Waals surface area contributed by atoms with Gasteiger partial charge in [0.2, 0.25) is 0 Å². The average Bonchev–Trinajstić information content (AvgIpc) is 3.26. The van der Waals surface area contributed by atoms with E-state index in [2.05, 4.69) is 4.98 Å². The molecule has 0 bridgehead atoms. The number of benzene rings is 2. The normalized spacial score (nSPS) is 12.6. The maximum absolute atomic E-state index is 13.5. The lowest BCUT2D eigenvalue weighted by Crippen LogP contribution is -2.23. The van der Waals surface area contributed by atoms with Crippen molar-refractivity contribution in [2.75, 3.05) is 13.4 Å². The molecule has 0 N–H and O–H groups in total. The molecule has 2 aromatic heterocycles. The van der Waals surface area contributed by atoms with E-state index in [-0.39, 0.29) is 38.7 Å². The van der Waals surface area contributed by atoms with Crippen molar-refractivity contribution in [2.45, 2.75) is 33.6 Å². The van der Waals surface area contributed by atoms with Crippen LogP contribution in [-0.4, -0.2) is 34.9 Å². The van der Waals surface area contributed by atoms with Crippen LogP contribution in [0.4, 0.5) is 0 Å². The van der Waals surface area contributed by atoms with Crippen molar-refractivity contribution < 1.29 is 28.5 Å². The maximum atomic E-state index is 13.5. The Bertz CT molecular complexity index is 1540. The highest BCUT2D eigenvalue weighted by molar-refractivity contribution is 7.20. The molecule has 0 saturated heterocycles. The molecular weight excluding hydrogens is 496 g/mol. The Morgan fingerprint density at radius 1 is 1.14 bits per heavy atom. The third kappa shape index (κ3) is 4.98. The molecule has 0 saturated carbocycles. The Morgan fingerprint density at radius 3 is 2.73 bits per heavy atom. The number of aromatic nitrogens is 2. The highest BCUT2D eigenvalue weighted by Gasteiger charge is 2.23. The summed E-state index contributed by atoms with van der Waals surface area (Å²) in [4.78, 5) is 43.9. The minimum atomic E-state index is -0.500. The van der Waals surface area contributed by atoms with Crippen molar-refractivity contribution in [2.24, 2.45) is 0 Å². The second-order valence-corrected chi connectivity index (χ2v) is 9.43. The molecule has 1 aliphatic rings. The molecule has 9 nitrogen and oxygen atoms in total. The summed E-state index contributed by atoms with van der Waals surface area (Å²) in [7, 11) is 0. The highest BCUT2D eigenvalue weighted by Crippen LogP contribution is 2.32. The molecule has 4 aromatic rings. The van der Waals surface area contributed by atoms with Gasteiger partial charge in [0.1, 0.15) is 22.1 Å². The number of hydrogen-bond donors (Lipinski definition) is 0. The number of ether oxygens (including phenoxy) is 4. The van der Waals surface area contributed by atoms with E-state index < -0.39 is 11.9 Å². The van der Waals surface area contributed by atoms with Gasteiger partial charge in [0.05, 0.1) is 37.0 Å². The van der Waals surface area contributed by atoms with Crippen LogP contribution < -0.4 is 10.3 Å². The van der Waals surface area contributed by atoms with Crippen molar-refractivity contribution in [1.82, 2.24) is 9.55 Å². The number of hydrogen-bond acceptors (Lipinski definition) is 9. The van der Waals surface area contributed by atoms with Gasteiger partial charge in [0, 0.05) is 11.1 Å². The first kappa shape index (κ1) is 24.7. The number of carbonyl (C=O) groups is 2. The summed E-state index contributed by atoms with van der Waals surface area (Å²) in [6, 6.07) is 12.7. The molecule has 37 heavy (non-hydrogen) atoms. The fourth-order valence-electron chi connectivity index (χ4n) is 4.19. The number of fused-ring (bicyclic) bond motifs is 2. The summed E-state index contributed by atoms with van der Waals surface area (Å²) < 4.78 is 23.1. The second-order valence-electron chi connectivity index (χ2n) is 8.43. The molecule has 0 amide bonds. The van der Waals surface area contributed by atoms with Crippen molar-refractivity contribution in [3.05, 3.63) is 91.8 Å². The molecule has 0 fully saturated rings. The zero-order chi connectivity index (χ0) is 25.9. The SMILES string of the molecule is CCOC(=O)c1cc2c(c(Cn3cnc4sc(C(=O)OCc5ccccc5)c(C)c4c3=O)c1)OCOC2. The minimum Gasteiger partial charge on any atom is -0.467 e. The summed E-state index contributed by atoms with van der Waals surface area (Å²) in [5.41, 5.74) is 2.77. The molecular formula is C27H24N2O7S.